The summed E-state index contributed by atoms with van der Waals surface area (Å²) in [5.41, 5.74) is 1.74. The van der Waals surface area contributed by atoms with Gasteiger partial charge in [0, 0.05) is 19.1 Å². The van der Waals surface area contributed by atoms with E-state index in [1.54, 1.807) is 0 Å². The third-order valence-electron chi connectivity index (χ3n) is 4.19. The van der Waals surface area contributed by atoms with Gasteiger partial charge >= 0.3 is 5.97 Å². The fraction of sp³-hybridized carbons (Fsp3) is 0.611. The fourth-order valence-corrected chi connectivity index (χ4v) is 2.78. The zero-order valence-electron chi connectivity index (χ0n) is 14.0. The van der Waals surface area contributed by atoms with E-state index in [0.717, 1.165) is 25.9 Å². The molecule has 1 aliphatic rings. The predicted molar refractivity (Wildman–Crippen MR) is 88.3 cm³/mol. The van der Waals surface area contributed by atoms with Gasteiger partial charge in [0.1, 0.15) is 0 Å². The molecule has 1 unspecified atom stereocenters. The van der Waals surface area contributed by atoms with E-state index in [-0.39, 0.29) is 12.5 Å². The smallest absolute Gasteiger partial charge is 0.305 e. The first-order valence-electron chi connectivity index (χ1n) is 8.17. The van der Waals surface area contributed by atoms with Crippen LogP contribution in [0.5, 0.6) is 0 Å². The maximum absolute atomic E-state index is 11.0. The van der Waals surface area contributed by atoms with Crippen molar-refractivity contribution >= 4 is 5.97 Å². The molecule has 1 heterocycles. The van der Waals surface area contributed by atoms with Crippen LogP contribution in [0.1, 0.15) is 37.8 Å². The van der Waals surface area contributed by atoms with Crippen LogP contribution in [0, 0.1) is 0 Å². The van der Waals surface area contributed by atoms with E-state index in [4.69, 9.17) is 9.84 Å². The number of hydrogen-bond donors (Lipinski definition) is 2. The lowest BCUT2D eigenvalue weighted by atomic mass is 9.98. The van der Waals surface area contributed by atoms with E-state index < -0.39 is 11.6 Å². The average molecular weight is 321 g/mol. The summed E-state index contributed by atoms with van der Waals surface area (Å²) in [4.78, 5) is 13.1. The maximum atomic E-state index is 11.0. The normalized spacial score (nSPS) is 19.7. The number of aliphatic carboxylic acids is 1. The lowest BCUT2D eigenvalue weighted by Gasteiger charge is -2.34. The van der Waals surface area contributed by atoms with Crippen molar-refractivity contribution in [3.63, 3.8) is 0 Å². The molecule has 0 aliphatic carbocycles. The number of carboxylic acids is 1. The minimum Gasteiger partial charge on any atom is -0.481 e. The molecule has 1 aromatic carbocycles. The van der Waals surface area contributed by atoms with Gasteiger partial charge in [0.25, 0.3) is 0 Å². The summed E-state index contributed by atoms with van der Waals surface area (Å²) in [5.74, 6) is -0.785. The number of carboxylic acid groups (broad SMARTS) is 1. The molecule has 0 amide bonds. The monoisotopic (exact) mass is 321 g/mol. The van der Waals surface area contributed by atoms with E-state index in [9.17, 15) is 9.90 Å². The molecule has 1 saturated heterocycles. The van der Waals surface area contributed by atoms with Gasteiger partial charge in [-0.2, -0.15) is 0 Å². The summed E-state index contributed by atoms with van der Waals surface area (Å²) in [5, 5.41) is 18.8. The predicted octanol–water partition coefficient (Wildman–Crippen LogP) is 2.07. The molecule has 5 heteroatoms. The Morgan fingerprint density at radius 1 is 1.30 bits per heavy atom. The third kappa shape index (κ3) is 6.29. The van der Waals surface area contributed by atoms with Crippen molar-refractivity contribution in [2.45, 2.75) is 51.3 Å². The third-order valence-corrected chi connectivity index (χ3v) is 4.19. The van der Waals surface area contributed by atoms with Crippen molar-refractivity contribution < 1.29 is 19.7 Å². The van der Waals surface area contributed by atoms with E-state index in [1.807, 2.05) is 13.8 Å². The first-order chi connectivity index (χ1) is 10.8. The molecule has 23 heavy (non-hydrogen) atoms. The zero-order valence-corrected chi connectivity index (χ0v) is 14.0. The lowest BCUT2D eigenvalue weighted by molar-refractivity contribution is -0.140. The highest BCUT2D eigenvalue weighted by Gasteiger charge is 2.25. The number of rotatable bonds is 7. The Labute approximate surface area is 137 Å². The molecule has 0 aromatic heterocycles. The molecular weight excluding hydrogens is 294 g/mol. The SMILES string of the molecule is CC(C)(O)CCc1ccc(CN2CCOCC2CC(=O)O)cc1. The number of benzene rings is 1. The summed E-state index contributed by atoms with van der Waals surface area (Å²) in [6, 6.07) is 8.30. The van der Waals surface area contributed by atoms with Crippen LogP contribution in [0.25, 0.3) is 0 Å². The van der Waals surface area contributed by atoms with Crippen molar-refractivity contribution in [2.75, 3.05) is 19.8 Å². The Kier molecular flexibility index (Phi) is 6.16. The number of ether oxygens (including phenoxy) is 1. The Morgan fingerprint density at radius 2 is 1.96 bits per heavy atom. The van der Waals surface area contributed by atoms with Crippen LogP contribution in [-0.4, -0.2) is 52.5 Å². The topological polar surface area (TPSA) is 70.0 Å². The second kappa shape index (κ2) is 7.90. The molecule has 5 nitrogen and oxygen atoms in total. The maximum Gasteiger partial charge on any atom is 0.305 e. The van der Waals surface area contributed by atoms with Crippen LogP contribution in [0.2, 0.25) is 0 Å². The lowest BCUT2D eigenvalue weighted by Crippen LogP contribution is -2.45. The Balaban J connectivity index is 1.92. The quantitative estimate of drug-likeness (QED) is 0.804. The van der Waals surface area contributed by atoms with E-state index in [1.165, 1.54) is 11.1 Å². The molecule has 0 bridgehead atoms. The number of nitrogens with zero attached hydrogens (tertiary/aromatic N) is 1. The number of aliphatic hydroxyl groups is 1. The van der Waals surface area contributed by atoms with Gasteiger partial charge in [-0.1, -0.05) is 24.3 Å². The van der Waals surface area contributed by atoms with Gasteiger partial charge in [-0.3, -0.25) is 9.69 Å². The molecule has 0 saturated carbocycles. The number of morpholine rings is 1. The van der Waals surface area contributed by atoms with Gasteiger partial charge in [0.15, 0.2) is 0 Å². The standard InChI is InChI=1S/C18H27NO4/c1-18(2,22)8-7-14-3-5-15(6-4-14)12-19-9-10-23-13-16(19)11-17(20)21/h3-6,16,22H,7-13H2,1-2H3,(H,20,21). The largest absolute Gasteiger partial charge is 0.481 e. The molecule has 0 spiro atoms. The number of carbonyl (C=O) groups is 1. The summed E-state index contributed by atoms with van der Waals surface area (Å²) in [7, 11) is 0. The van der Waals surface area contributed by atoms with Crippen LogP contribution >= 0.6 is 0 Å². The first kappa shape index (κ1) is 17.9. The Bertz CT molecular complexity index is 507. The highest BCUT2D eigenvalue weighted by molar-refractivity contribution is 5.67. The van der Waals surface area contributed by atoms with Gasteiger partial charge in [0.05, 0.1) is 25.2 Å². The van der Waals surface area contributed by atoms with Crippen LogP contribution in [0.4, 0.5) is 0 Å². The Morgan fingerprint density at radius 3 is 2.57 bits per heavy atom. The fourth-order valence-electron chi connectivity index (χ4n) is 2.78. The van der Waals surface area contributed by atoms with Crippen molar-refractivity contribution in [1.29, 1.82) is 0 Å². The van der Waals surface area contributed by atoms with E-state index >= 15 is 0 Å². The molecule has 128 valence electrons. The van der Waals surface area contributed by atoms with Crippen LogP contribution in [0.15, 0.2) is 24.3 Å². The second-order valence-electron chi connectivity index (χ2n) is 6.93. The zero-order chi connectivity index (χ0) is 16.9. The molecule has 2 N–H and O–H groups in total. The molecular formula is C18H27NO4. The van der Waals surface area contributed by atoms with Gasteiger partial charge in [-0.25, -0.2) is 0 Å². The summed E-state index contributed by atoms with van der Waals surface area (Å²) in [6.07, 6.45) is 1.70. The minimum atomic E-state index is -0.785. The summed E-state index contributed by atoms with van der Waals surface area (Å²) >= 11 is 0. The molecule has 2 rings (SSSR count). The highest BCUT2D eigenvalue weighted by atomic mass is 16.5. The first-order valence-corrected chi connectivity index (χ1v) is 8.17. The highest BCUT2D eigenvalue weighted by Crippen LogP contribution is 2.17. The van der Waals surface area contributed by atoms with Gasteiger partial charge < -0.3 is 14.9 Å². The summed E-state index contributed by atoms with van der Waals surface area (Å²) in [6.45, 7) is 6.28. The molecule has 1 fully saturated rings. The van der Waals surface area contributed by atoms with Crippen molar-refractivity contribution in [2.24, 2.45) is 0 Å². The van der Waals surface area contributed by atoms with E-state index in [2.05, 4.69) is 29.2 Å². The minimum absolute atomic E-state index is 0.0592. The van der Waals surface area contributed by atoms with Crippen LogP contribution < -0.4 is 0 Å². The van der Waals surface area contributed by atoms with Gasteiger partial charge in [0.2, 0.25) is 0 Å². The Hall–Kier alpha value is -1.43. The molecule has 0 radical (unpaired) electrons. The average Bonchev–Trinajstić information content (AvgIpc) is 2.47. The van der Waals surface area contributed by atoms with Gasteiger partial charge in [-0.15, -0.1) is 0 Å². The number of aryl methyl sites for hydroxylation is 1. The second-order valence-corrected chi connectivity index (χ2v) is 6.93. The number of hydrogen-bond acceptors (Lipinski definition) is 4. The van der Waals surface area contributed by atoms with Crippen molar-refractivity contribution in [1.82, 2.24) is 4.90 Å². The van der Waals surface area contributed by atoms with E-state index in [0.29, 0.717) is 13.2 Å². The molecule has 1 atom stereocenters. The van der Waals surface area contributed by atoms with Crippen LogP contribution in [0.3, 0.4) is 0 Å². The summed E-state index contributed by atoms with van der Waals surface area (Å²) < 4.78 is 5.41. The van der Waals surface area contributed by atoms with Crippen LogP contribution in [-0.2, 0) is 22.5 Å². The van der Waals surface area contributed by atoms with Crippen molar-refractivity contribution in [3.8, 4) is 0 Å². The van der Waals surface area contributed by atoms with Crippen molar-refractivity contribution in [3.05, 3.63) is 35.4 Å². The molecule has 1 aliphatic heterocycles. The molecule has 1 aromatic rings. The van der Waals surface area contributed by atoms with Gasteiger partial charge in [-0.05, 0) is 37.8 Å².